The summed E-state index contributed by atoms with van der Waals surface area (Å²) >= 11 is 9.14. The van der Waals surface area contributed by atoms with E-state index in [0.29, 0.717) is 10.2 Å². The molecule has 0 aliphatic carbocycles. The minimum absolute atomic E-state index is 0.0389. The number of anilines is 1. The van der Waals surface area contributed by atoms with Gasteiger partial charge in [-0.1, -0.05) is 11.6 Å². The zero-order chi connectivity index (χ0) is 13.1. The number of phenols is 1. The van der Waals surface area contributed by atoms with Gasteiger partial charge in [-0.15, -0.1) is 0 Å². The maximum absolute atomic E-state index is 11.9. The molecule has 0 aliphatic heterocycles. The molecule has 18 heavy (non-hydrogen) atoms. The monoisotopic (exact) mass is 326 g/mol. The molecule has 0 fully saturated rings. The van der Waals surface area contributed by atoms with Gasteiger partial charge in [-0.05, 0) is 40.2 Å². The third kappa shape index (κ3) is 2.80. The third-order valence-corrected chi connectivity index (χ3v) is 3.13. The van der Waals surface area contributed by atoms with E-state index in [9.17, 15) is 9.90 Å². The van der Waals surface area contributed by atoms with Crippen molar-refractivity contribution in [1.82, 2.24) is 4.98 Å². The van der Waals surface area contributed by atoms with Gasteiger partial charge in [0, 0.05) is 16.7 Å². The van der Waals surface area contributed by atoms with E-state index < -0.39 is 0 Å². The number of aromatic hydroxyl groups is 1. The van der Waals surface area contributed by atoms with Crippen LogP contribution in [0.1, 0.15) is 10.5 Å². The topological polar surface area (TPSA) is 62.2 Å². The van der Waals surface area contributed by atoms with E-state index >= 15 is 0 Å². The molecule has 92 valence electrons. The van der Waals surface area contributed by atoms with E-state index in [1.165, 1.54) is 24.4 Å². The first-order valence-electron chi connectivity index (χ1n) is 4.98. The van der Waals surface area contributed by atoms with Crippen LogP contribution in [0.2, 0.25) is 5.02 Å². The first-order chi connectivity index (χ1) is 8.58. The number of aromatic nitrogens is 1. The van der Waals surface area contributed by atoms with Gasteiger partial charge in [0.1, 0.15) is 11.4 Å². The van der Waals surface area contributed by atoms with Crippen LogP contribution in [0, 0.1) is 0 Å². The van der Waals surface area contributed by atoms with Gasteiger partial charge in [-0.3, -0.25) is 4.79 Å². The van der Waals surface area contributed by atoms with E-state index in [0.717, 1.165) is 0 Å². The summed E-state index contributed by atoms with van der Waals surface area (Å²) in [4.78, 5) is 15.9. The molecule has 0 unspecified atom stereocenters. The average Bonchev–Trinajstić information content (AvgIpc) is 2.33. The number of hydrogen-bond donors (Lipinski definition) is 2. The fraction of sp³-hybridized carbons (Fsp3) is 0. The Morgan fingerprint density at radius 2 is 2.17 bits per heavy atom. The largest absolute Gasteiger partial charge is 0.508 e. The third-order valence-electron chi connectivity index (χ3n) is 2.17. The first-order valence-corrected chi connectivity index (χ1v) is 6.15. The van der Waals surface area contributed by atoms with E-state index in [-0.39, 0.29) is 22.4 Å². The summed E-state index contributed by atoms with van der Waals surface area (Å²) in [5.74, 6) is -0.341. The molecule has 4 nitrogen and oxygen atoms in total. The van der Waals surface area contributed by atoms with Crippen LogP contribution in [-0.2, 0) is 0 Å². The Bertz CT molecular complexity index is 604. The SMILES string of the molecule is O=C(Nc1ccc(O)cc1Cl)c1ncccc1Br. The van der Waals surface area contributed by atoms with Crippen molar-refractivity contribution in [3.63, 3.8) is 0 Å². The molecule has 6 heteroatoms. The minimum atomic E-state index is -0.380. The van der Waals surface area contributed by atoms with Crippen molar-refractivity contribution in [2.45, 2.75) is 0 Å². The molecule has 0 saturated carbocycles. The second kappa shape index (κ2) is 5.37. The molecule has 0 aliphatic rings. The normalized spacial score (nSPS) is 10.1. The minimum Gasteiger partial charge on any atom is -0.508 e. The van der Waals surface area contributed by atoms with E-state index in [2.05, 4.69) is 26.2 Å². The molecule has 0 saturated heterocycles. The molecule has 1 aromatic carbocycles. The van der Waals surface area contributed by atoms with Crippen LogP contribution in [0.25, 0.3) is 0 Å². The molecule has 2 rings (SSSR count). The lowest BCUT2D eigenvalue weighted by molar-refractivity contribution is 0.102. The van der Waals surface area contributed by atoms with Gasteiger partial charge in [-0.25, -0.2) is 4.98 Å². The fourth-order valence-corrected chi connectivity index (χ4v) is 2.00. The van der Waals surface area contributed by atoms with Crippen LogP contribution in [0.3, 0.4) is 0 Å². The lowest BCUT2D eigenvalue weighted by Gasteiger charge is -2.07. The zero-order valence-corrected chi connectivity index (χ0v) is 11.4. The number of rotatable bonds is 2. The van der Waals surface area contributed by atoms with Crippen LogP contribution < -0.4 is 5.32 Å². The second-order valence-electron chi connectivity index (χ2n) is 3.45. The Balaban J connectivity index is 2.24. The molecule has 2 aromatic rings. The molecule has 1 aromatic heterocycles. The highest BCUT2D eigenvalue weighted by Gasteiger charge is 2.12. The highest BCUT2D eigenvalue weighted by molar-refractivity contribution is 9.10. The number of pyridine rings is 1. The predicted octanol–water partition coefficient (Wildman–Crippen LogP) is 3.46. The molecular weight excluding hydrogens is 320 g/mol. The summed E-state index contributed by atoms with van der Waals surface area (Å²) in [5, 5.41) is 12.1. The van der Waals surface area contributed by atoms with Crippen LogP contribution >= 0.6 is 27.5 Å². The summed E-state index contributed by atoms with van der Waals surface area (Å²) in [6.07, 6.45) is 1.53. The molecule has 0 radical (unpaired) electrons. The molecule has 2 N–H and O–H groups in total. The quantitative estimate of drug-likeness (QED) is 0.830. The van der Waals surface area contributed by atoms with Crippen molar-refractivity contribution in [2.75, 3.05) is 5.32 Å². The number of amides is 1. The summed E-state index contributed by atoms with van der Waals surface area (Å²) < 4.78 is 0.595. The van der Waals surface area contributed by atoms with Crippen LogP contribution in [0.5, 0.6) is 5.75 Å². The molecule has 0 atom stereocenters. The maximum Gasteiger partial charge on any atom is 0.275 e. The van der Waals surface area contributed by atoms with Crippen molar-refractivity contribution in [1.29, 1.82) is 0 Å². The first kappa shape index (κ1) is 12.9. The van der Waals surface area contributed by atoms with Crippen LogP contribution in [0.4, 0.5) is 5.69 Å². The molecule has 0 spiro atoms. The van der Waals surface area contributed by atoms with Gasteiger partial charge in [0.05, 0.1) is 10.7 Å². The molecule has 0 bridgehead atoms. The standard InChI is InChI=1S/C12H8BrClN2O2/c13-8-2-1-5-15-11(8)12(18)16-10-4-3-7(17)6-9(10)14/h1-6,17H,(H,16,18). The highest BCUT2D eigenvalue weighted by atomic mass is 79.9. The summed E-state index contributed by atoms with van der Waals surface area (Å²) in [6.45, 7) is 0. The van der Waals surface area contributed by atoms with Gasteiger partial charge in [0.25, 0.3) is 5.91 Å². The van der Waals surface area contributed by atoms with Crippen molar-refractivity contribution < 1.29 is 9.90 Å². The Morgan fingerprint density at radius 1 is 1.39 bits per heavy atom. The number of phenolic OH excluding ortho intramolecular Hbond substituents is 1. The number of benzene rings is 1. The van der Waals surface area contributed by atoms with Crippen molar-refractivity contribution in [2.24, 2.45) is 0 Å². The number of carbonyl (C=O) groups excluding carboxylic acids is 1. The Labute approximate surface area is 117 Å². The molecular formula is C12H8BrClN2O2. The number of carbonyl (C=O) groups is 1. The van der Waals surface area contributed by atoms with Crippen LogP contribution in [-0.4, -0.2) is 16.0 Å². The van der Waals surface area contributed by atoms with Gasteiger partial charge >= 0.3 is 0 Å². The summed E-state index contributed by atoms with van der Waals surface area (Å²) in [5.41, 5.74) is 0.679. The average molecular weight is 328 g/mol. The highest BCUT2D eigenvalue weighted by Crippen LogP contribution is 2.26. The number of hydrogen-bond acceptors (Lipinski definition) is 3. The Hall–Kier alpha value is -1.59. The number of nitrogens with one attached hydrogen (secondary N) is 1. The van der Waals surface area contributed by atoms with Gasteiger partial charge < -0.3 is 10.4 Å². The van der Waals surface area contributed by atoms with Crippen LogP contribution in [0.15, 0.2) is 41.0 Å². The molecule has 1 heterocycles. The Kier molecular flexibility index (Phi) is 3.84. The lowest BCUT2D eigenvalue weighted by atomic mass is 10.2. The lowest BCUT2D eigenvalue weighted by Crippen LogP contribution is -2.14. The van der Waals surface area contributed by atoms with Crippen molar-refractivity contribution in [3.8, 4) is 5.75 Å². The zero-order valence-electron chi connectivity index (χ0n) is 9.02. The fourth-order valence-electron chi connectivity index (χ4n) is 1.34. The molecule has 1 amide bonds. The number of halogens is 2. The summed E-state index contributed by atoms with van der Waals surface area (Å²) in [6, 6.07) is 7.75. The van der Waals surface area contributed by atoms with E-state index in [4.69, 9.17) is 11.6 Å². The summed E-state index contributed by atoms with van der Waals surface area (Å²) in [7, 11) is 0. The van der Waals surface area contributed by atoms with Gasteiger partial charge in [0.2, 0.25) is 0 Å². The van der Waals surface area contributed by atoms with Crippen molar-refractivity contribution in [3.05, 3.63) is 51.7 Å². The number of nitrogens with zero attached hydrogens (tertiary/aromatic N) is 1. The smallest absolute Gasteiger partial charge is 0.275 e. The second-order valence-corrected chi connectivity index (χ2v) is 4.71. The Morgan fingerprint density at radius 3 is 2.83 bits per heavy atom. The van der Waals surface area contributed by atoms with Gasteiger partial charge in [0.15, 0.2) is 0 Å². The van der Waals surface area contributed by atoms with Gasteiger partial charge in [-0.2, -0.15) is 0 Å². The van der Waals surface area contributed by atoms with Crippen molar-refractivity contribution >= 4 is 39.1 Å². The predicted molar refractivity (Wildman–Crippen MR) is 73.0 cm³/mol. The maximum atomic E-state index is 11.9. The van der Waals surface area contributed by atoms with E-state index in [1.54, 1.807) is 12.1 Å². The van der Waals surface area contributed by atoms with E-state index in [1.807, 2.05) is 0 Å².